The highest BCUT2D eigenvalue weighted by atomic mass is 32.2. The van der Waals surface area contributed by atoms with Crippen LogP contribution in [-0.2, 0) is 11.3 Å². The Hall–Kier alpha value is -2.58. The molecule has 2 aromatic heterocycles. The molecule has 8 heteroatoms. The number of hydrogen-bond acceptors (Lipinski definition) is 6. The van der Waals surface area contributed by atoms with Gasteiger partial charge in [0.2, 0.25) is 5.91 Å². The predicted molar refractivity (Wildman–Crippen MR) is 106 cm³/mol. The Kier molecular flexibility index (Phi) is 5.75. The van der Waals surface area contributed by atoms with Crippen molar-refractivity contribution in [2.75, 3.05) is 18.2 Å². The summed E-state index contributed by atoms with van der Waals surface area (Å²) in [5, 5.41) is 5.73. The molecule has 3 rings (SSSR count). The minimum Gasteiger partial charge on any atom is -0.495 e. The highest BCUT2D eigenvalue weighted by Crippen LogP contribution is 2.24. The number of ether oxygens (including phenoxy) is 1. The summed E-state index contributed by atoms with van der Waals surface area (Å²) in [5.74, 6) is 0.510. The lowest BCUT2D eigenvalue weighted by molar-refractivity contribution is -0.113. The maximum absolute atomic E-state index is 12.6. The molecule has 1 N–H and O–H groups in total. The number of benzene rings is 1. The molecule has 0 saturated carbocycles. The van der Waals surface area contributed by atoms with Crippen molar-refractivity contribution in [1.29, 1.82) is 0 Å². The molecule has 2 heterocycles. The van der Waals surface area contributed by atoms with Gasteiger partial charge in [0.05, 0.1) is 23.9 Å². The van der Waals surface area contributed by atoms with Gasteiger partial charge in [-0.2, -0.15) is 0 Å². The average Bonchev–Trinajstić information content (AvgIpc) is 3.12. The fourth-order valence-electron chi connectivity index (χ4n) is 2.39. The molecule has 0 spiro atoms. The summed E-state index contributed by atoms with van der Waals surface area (Å²) in [6, 6.07) is 8.95. The van der Waals surface area contributed by atoms with E-state index < -0.39 is 0 Å². The molecule has 0 bridgehead atoms. The molecule has 0 radical (unpaired) electrons. The number of nitrogens with one attached hydrogen (secondary N) is 1. The number of carbonyl (C=O) groups excluding carboxylic acids is 1. The number of para-hydroxylation sites is 2. The van der Waals surface area contributed by atoms with E-state index >= 15 is 0 Å². The van der Waals surface area contributed by atoms with Crippen LogP contribution < -0.4 is 15.6 Å². The number of allylic oxidation sites excluding steroid dienone is 1. The first-order chi connectivity index (χ1) is 12.6. The summed E-state index contributed by atoms with van der Waals surface area (Å²) >= 11 is 2.62. The first kappa shape index (κ1) is 18.2. The van der Waals surface area contributed by atoms with Crippen LogP contribution in [0.5, 0.6) is 5.75 Å². The van der Waals surface area contributed by atoms with Gasteiger partial charge in [-0.05, 0) is 23.6 Å². The smallest absolute Gasteiger partial charge is 0.263 e. The van der Waals surface area contributed by atoms with Crippen LogP contribution in [0.3, 0.4) is 0 Å². The highest BCUT2D eigenvalue weighted by Gasteiger charge is 2.14. The lowest BCUT2D eigenvalue weighted by atomic mass is 10.3. The van der Waals surface area contributed by atoms with Gasteiger partial charge in [0.1, 0.15) is 10.6 Å². The molecule has 0 unspecified atom stereocenters. The monoisotopic (exact) mass is 387 g/mol. The van der Waals surface area contributed by atoms with Crippen molar-refractivity contribution in [1.82, 2.24) is 9.55 Å². The first-order valence-corrected chi connectivity index (χ1v) is 9.65. The number of nitrogens with zero attached hydrogens (tertiary/aromatic N) is 2. The number of amides is 1. The third kappa shape index (κ3) is 3.81. The van der Waals surface area contributed by atoms with Crippen LogP contribution in [0, 0.1) is 0 Å². The number of aromatic nitrogens is 2. The fraction of sp³-hybridized carbons (Fsp3) is 0.167. The van der Waals surface area contributed by atoms with E-state index in [1.54, 1.807) is 31.4 Å². The molecule has 1 amide bonds. The summed E-state index contributed by atoms with van der Waals surface area (Å²) in [5.41, 5.74) is 0.481. The largest absolute Gasteiger partial charge is 0.495 e. The topological polar surface area (TPSA) is 73.2 Å². The summed E-state index contributed by atoms with van der Waals surface area (Å²) in [6.45, 7) is 4.03. The van der Waals surface area contributed by atoms with Gasteiger partial charge in [-0.1, -0.05) is 30.0 Å². The van der Waals surface area contributed by atoms with Crippen molar-refractivity contribution in [2.24, 2.45) is 0 Å². The first-order valence-electron chi connectivity index (χ1n) is 7.78. The zero-order valence-corrected chi connectivity index (χ0v) is 15.7. The predicted octanol–water partition coefficient (Wildman–Crippen LogP) is 3.38. The molecule has 0 aliphatic heterocycles. The average molecular weight is 387 g/mol. The van der Waals surface area contributed by atoms with E-state index in [0.717, 1.165) is 0 Å². The lowest BCUT2D eigenvalue weighted by Crippen LogP contribution is -2.23. The second kappa shape index (κ2) is 8.20. The number of carbonyl (C=O) groups is 1. The molecular formula is C18H17N3O3S2. The van der Waals surface area contributed by atoms with E-state index in [9.17, 15) is 9.59 Å². The van der Waals surface area contributed by atoms with E-state index in [2.05, 4.69) is 16.9 Å². The third-order valence-corrected chi connectivity index (χ3v) is 5.36. The van der Waals surface area contributed by atoms with Crippen molar-refractivity contribution < 1.29 is 9.53 Å². The molecule has 0 fully saturated rings. The van der Waals surface area contributed by atoms with Crippen LogP contribution in [0.15, 0.2) is 58.3 Å². The normalized spacial score (nSPS) is 10.7. The molecular weight excluding hydrogens is 370 g/mol. The number of hydrogen-bond donors (Lipinski definition) is 1. The van der Waals surface area contributed by atoms with Crippen LogP contribution in [0.2, 0.25) is 0 Å². The Bertz CT molecular complexity index is 1010. The van der Waals surface area contributed by atoms with Gasteiger partial charge in [-0.25, -0.2) is 4.98 Å². The number of methoxy groups -OCH3 is 1. The molecule has 26 heavy (non-hydrogen) atoms. The van der Waals surface area contributed by atoms with E-state index in [1.165, 1.54) is 27.7 Å². The number of anilines is 1. The van der Waals surface area contributed by atoms with E-state index in [-0.39, 0.29) is 17.2 Å². The summed E-state index contributed by atoms with van der Waals surface area (Å²) in [6.07, 6.45) is 1.64. The maximum Gasteiger partial charge on any atom is 0.263 e. The van der Waals surface area contributed by atoms with Gasteiger partial charge < -0.3 is 10.1 Å². The van der Waals surface area contributed by atoms with Crippen LogP contribution in [0.4, 0.5) is 5.69 Å². The van der Waals surface area contributed by atoms with Crippen LogP contribution in [0.1, 0.15) is 0 Å². The van der Waals surface area contributed by atoms with Crippen LogP contribution >= 0.6 is 23.1 Å². The Balaban J connectivity index is 1.78. The minimum absolute atomic E-state index is 0.121. The van der Waals surface area contributed by atoms with E-state index in [1.807, 2.05) is 17.5 Å². The van der Waals surface area contributed by atoms with Crippen LogP contribution in [0.25, 0.3) is 10.2 Å². The number of thioether (sulfide) groups is 1. The zero-order valence-electron chi connectivity index (χ0n) is 14.1. The fourth-order valence-corrected chi connectivity index (χ4v) is 4.01. The van der Waals surface area contributed by atoms with Gasteiger partial charge in [0.25, 0.3) is 5.56 Å². The van der Waals surface area contributed by atoms with E-state index in [4.69, 9.17) is 4.74 Å². The Morgan fingerprint density at radius 3 is 3.00 bits per heavy atom. The molecule has 6 nitrogen and oxygen atoms in total. The SMILES string of the molecule is C=CCn1c(SCC(=O)Nc2ccccc2OC)nc2sccc2c1=O. The Labute approximate surface area is 158 Å². The minimum atomic E-state index is -0.204. The molecule has 0 aliphatic carbocycles. The van der Waals surface area contributed by atoms with Crippen molar-refractivity contribution in [2.45, 2.75) is 11.7 Å². The maximum atomic E-state index is 12.6. The second-order valence-corrected chi connectivity index (χ2v) is 7.11. The van der Waals surface area contributed by atoms with Crippen molar-refractivity contribution >= 4 is 44.9 Å². The van der Waals surface area contributed by atoms with Crippen LogP contribution in [-0.4, -0.2) is 28.3 Å². The van der Waals surface area contributed by atoms with Gasteiger partial charge in [-0.3, -0.25) is 14.2 Å². The third-order valence-electron chi connectivity index (χ3n) is 3.57. The van der Waals surface area contributed by atoms with Gasteiger partial charge in [-0.15, -0.1) is 17.9 Å². The van der Waals surface area contributed by atoms with Crippen molar-refractivity contribution in [3.63, 3.8) is 0 Å². The Morgan fingerprint density at radius 1 is 1.42 bits per heavy atom. The summed E-state index contributed by atoms with van der Waals surface area (Å²) in [7, 11) is 1.55. The molecule has 0 saturated heterocycles. The summed E-state index contributed by atoms with van der Waals surface area (Å²) in [4.78, 5) is 30.1. The van der Waals surface area contributed by atoms with E-state index in [0.29, 0.717) is 33.4 Å². The van der Waals surface area contributed by atoms with Gasteiger partial charge >= 0.3 is 0 Å². The van der Waals surface area contributed by atoms with Crippen molar-refractivity contribution in [3.8, 4) is 5.75 Å². The lowest BCUT2D eigenvalue weighted by Gasteiger charge is -2.11. The second-order valence-electron chi connectivity index (χ2n) is 5.28. The van der Waals surface area contributed by atoms with Gasteiger partial charge in [0, 0.05) is 6.54 Å². The zero-order chi connectivity index (χ0) is 18.5. The molecule has 0 aliphatic rings. The van der Waals surface area contributed by atoms with Gasteiger partial charge in [0.15, 0.2) is 5.16 Å². The summed E-state index contributed by atoms with van der Waals surface area (Å²) < 4.78 is 6.76. The standard InChI is InChI=1S/C18H17N3O3S2/c1-3-9-21-17(23)12-8-10-25-16(12)20-18(21)26-11-15(22)19-13-6-4-5-7-14(13)24-2/h3-8,10H,1,9,11H2,2H3,(H,19,22). The molecule has 0 atom stereocenters. The molecule has 3 aromatic rings. The number of fused-ring (bicyclic) bond motifs is 1. The quantitative estimate of drug-likeness (QED) is 0.382. The molecule has 134 valence electrons. The number of rotatable bonds is 7. The molecule has 1 aromatic carbocycles. The van der Waals surface area contributed by atoms with Crippen molar-refractivity contribution in [3.05, 3.63) is 58.7 Å². The number of thiophene rings is 1. The Morgan fingerprint density at radius 2 is 2.23 bits per heavy atom. The highest BCUT2D eigenvalue weighted by molar-refractivity contribution is 7.99.